The fourth-order valence-corrected chi connectivity index (χ4v) is 0.949. The smallest absolute Gasteiger partial charge is 0.0442 e. The molecule has 0 saturated carbocycles. The Hall–Kier alpha value is -0.790. The van der Waals surface area contributed by atoms with Gasteiger partial charge in [0.1, 0.15) is 0 Å². The van der Waals surface area contributed by atoms with E-state index in [1.807, 2.05) is 6.92 Å². The third-order valence-electron chi connectivity index (χ3n) is 2.10. The molecule has 2 heteroatoms. The SMILES string of the molecule is C/C=C(\C)CCCC(C)C(=O)[O-]. The van der Waals surface area contributed by atoms with E-state index < -0.39 is 5.97 Å². The van der Waals surface area contributed by atoms with Crippen LogP contribution in [0.15, 0.2) is 11.6 Å². The van der Waals surface area contributed by atoms with Gasteiger partial charge in [0.15, 0.2) is 0 Å². The second kappa shape index (κ2) is 5.81. The molecule has 0 aliphatic carbocycles. The average molecular weight is 169 g/mol. The van der Waals surface area contributed by atoms with Gasteiger partial charge in [-0.15, -0.1) is 0 Å². The highest BCUT2D eigenvalue weighted by molar-refractivity contribution is 5.66. The number of carboxylic acid groups (broad SMARTS) is 1. The van der Waals surface area contributed by atoms with Crippen LogP contribution in [0.3, 0.4) is 0 Å². The van der Waals surface area contributed by atoms with E-state index in [4.69, 9.17) is 0 Å². The van der Waals surface area contributed by atoms with Crippen LogP contribution >= 0.6 is 0 Å². The van der Waals surface area contributed by atoms with Crippen LogP contribution in [0.2, 0.25) is 0 Å². The molecule has 0 saturated heterocycles. The topological polar surface area (TPSA) is 40.1 Å². The lowest BCUT2D eigenvalue weighted by molar-refractivity contribution is -0.311. The standard InChI is InChI=1S/C10H18O2/c1-4-8(2)6-5-7-9(3)10(11)12/h4,9H,5-7H2,1-3H3,(H,11,12)/p-1/b8-4+. The summed E-state index contributed by atoms with van der Waals surface area (Å²) < 4.78 is 0. The Bertz CT molecular complexity index is 171. The zero-order chi connectivity index (χ0) is 9.56. The Morgan fingerprint density at radius 3 is 2.58 bits per heavy atom. The first-order valence-corrected chi connectivity index (χ1v) is 4.40. The highest BCUT2D eigenvalue weighted by atomic mass is 16.4. The lowest BCUT2D eigenvalue weighted by Gasteiger charge is -2.11. The molecule has 0 aromatic heterocycles. The van der Waals surface area contributed by atoms with E-state index in [2.05, 4.69) is 13.0 Å². The number of aliphatic carboxylic acids is 1. The molecule has 0 rings (SSSR count). The number of carbonyl (C=O) groups excluding carboxylic acids is 1. The minimum Gasteiger partial charge on any atom is -0.550 e. The first-order valence-electron chi connectivity index (χ1n) is 4.40. The summed E-state index contributed by atoms with van der Waals surface area (Å²) in [5.41, 5.74) is 1.32. The van der Waals surface area contributed by atoms with E-state index in [9.17, 15) is 9.90 Å². The summed E-state index contributed by atoms with van der Waals surface area (Å²) >= 11 is 0. The molecule has 1 atom stereocenters. The van der Waals surface area contributed by atoms with Gasteiger partial charge in [-0.05, 0) is 39.0 Å². The van der Waals surface area contributed by atoms with Gasteiger partial charge in [0, 0.05) is 5.97 Å². The number of carboxylic acids is 1. The molecule has 0 aliphatic rings. The van der Waals surface area contributed by atoms with Crippen molar-refractivity contribution >= 4 is 5.97 Å². The van der Waals surface area contributed by atoms with Crippen molar-refractivity contribution < 1.29 is 9.90 Å². The van der Waals surface area contributed by atoms with Crippen LogP contribution in [0.1, 0.15) is 40.0 Å². The van der Waals surface area contributed by atoms with Crippen molar-refractivity contribution in [1.82, 2.24) is 0 Å². The molecule has 0 aromatic rings. The normalized spacial score (nSPS) is 14.4. The first-order chi connectivity index (χ1) is 5.57. The van der Waals surface area contributed by atoms with E-state index >= 15 is 0 Å². The lowest BCUT2D eigenvalue weighted by Crippen LogP contribution is -2.29. The van der Waals surface area contributed by atoms with Gasteiger partial charge in [0.25, 0.3) is 0 Å². The Morgan fingerprint density at radius 1 is 1.58 bits per heavy atom. The Kier molecular flexibility index (Phi) is 5.43. The molecule has 0 aliphatic heterocycles. The van der Waals surface area contributed by atoms with Crippen molar-refractivity contribution in [3.63, 3.8) is 0 Å². The predicted molar refractivity (Wildman–Crippen MR) is 47.5 cm³/mol. The summed E-state index contributed by atoms with van der Waals surface area (Å²) in [6.07, 6.45) is 4.70. The van der Waals surface area contributed by atoms with Crippen LogP contribution in [0.5, 0.6) is 0 Å². The van der Waals surface area contributed by atoms with Crippen molar-refractivity contribution in [2.45, 2.75) is 40.0 Å². The largest absolute Gasteiger partial charge is 0.550 e. The van der Waals surface area contributed by atoms with E-state index in [-0.39, 0.29) is 5.92 Å². The number of rotatable bonds is 5. The zero-order valence-electron chi connectivity index (χ0n) is 8.09. The van der Waals surface area contributed by atoms with Gasteiger partial charge >= 0.3 is 0 Å². The minimum absolute atomic E-state index is 0.311. The summed E-state index contributed by atoms with van der Waals surface area (Å²) in [5, 5.41) is 10.3. The summed E-state index contributed by atoms with van der Waals surface area (Å²) in [6, 6.07) is 0. The Labute approximate surface area is 74.3 Å². The van der Waals surface area contributed by atoms with E-state index in [0.717, 1.165) is 12.8 Å². The van der Waals surface area contributed by atoms with E-state index in [1.54, 1.807) is 6.92 Å². The molecule has 0 aromatic carbocycles. The van der Waals surface area contributed by atoms with Crippen molar-refractivity contribution in [1.29, 1.82) is 0 Å². The maximum atomic E-state index is 10.3. The third kappa shape index (κ3) is 4.94. The van der Waals surface area contributed by atoms with Crippen LogP contribution in [0.4, 0.5) is 0 Å². The molecule has 0 N–H and O–H groups in total. The fourth-order valence-electron chi connectivity index (χ4n) is 0.949. The lowest BCUT2D eigenvalue weighted by atomic mass is 10.0. The molecule has 2 nitrogen and oxygen atoms in total. The number of allylic oxidation sites excluding steroid dienone is 2. The molecule has 1 unspecified atom stereocenters. The third-order valence-corrected chi connectivity index (χ3v) is 2.10. The monoisotopic (exact) mass is 169 g/mol. The molecule has 0 heterocycles. The zero-order valence-corrected chi connectivity index (χ0v) is 8.09. The fraction of sp³-hybridized carbons (Fsp3) is 0.700. The van der Waals surface area contributed by atoms with Gasteiger partial charge in [-0.2, -0.15) is 0 Å². The first kappa shape index (κ1) is 11.2. The van der Waals surface area contributed by atoms with E-state index in [0.29, 0.717) is 6.42 Å². The van der Waals surface area contributed by atoms with Crippen LogP contribution < -0.4 is 5.11 Å². The highest BCUT2D eigenvalue weighted by Gasteiger charge is 2.01. The highest BCUT2D eigenvalue weighted by Crippen LogP contribution is 2.11. The van der Waals surface area contributed by atoms with Crippen molar-refractivity contribution in [3.05, 3.63) is 11.6 Å². The van der Waals surface area contributed by atoms with Crippen LogP contribution in [-0.2, 0) is 4.79 Å². The molecular weight excluding hydrogens is 152 g/mol. The molecule has 0 amide bonds. The predicted octanol–water partition coefficient (Wildman–Crippen LogP) is 1.51. The molecule has 0 bridgehead atoms. The number of carbonyl (C=O) groups is 1. The molecule has 0 fully saturated rings. The van der Waals surface area contributed by atoms with Gasteiger partial charge in [-0.3, -0.25) is 0 Å². The maximum Gasteiger partial charge on any atom is 0.0442 e. The summed E-state index contributed by atoms with van der Waals surface area (Å²) in [4.78, 5) is 10.3. The van der Waals surface area contributed by atoms with Crippen LogP contribution in [0, 0.1) is 5.92 Å². The second-order valence-electron chi connectivity index (χ2n) is 3.25. The maximum absolute atomic E-state index is 10.3. The van der Waals surface area contributed by atoms with Gasteiger partial charge in [-0.1, -0.05) is 18.6 Å². The minimum atomic E-state index is -0.937. The van der Waals surface area contributed by atoms with Crippen molar-refractivity contribution in [2.24, 2.45) is 5.92 Å². The van der Waals surface area contributed by atoms with Gasteiger partial charge < -0.3 is 9.90 Å². The van der Waals surface area contributed by atoms with Gasteiger partial charge in [0.05, 0.1) is 0 Å². The van der Waals surface area contributed by atoms with Gasteiger partial charge in [0.2, 0.25) is 0 Å². The van der Waals surface area contributed by atoms with Crippen LogP contribution in [-0.4, -0.2) is 5.97 Å². The van der Waals surface area contributed by atoms with Crippen molar-refractivity contribution in [3.8, 4) is 0 Å². The quantitative estimate of drug-likeness (QED) is 0.585. The summed E-state index contributed by atoms with van der Waals surface area (Å²) in [6.45, 7) is 5.75. The summed E-state index contributed by atoms with van der Waals surface area (Å²) in [7, 11) is 0. The van der Waals surface area contributed by atoms with E-state index in [1.165, 1.54) is 5.57 Å². The second-order valence-corrected chi connectivity index (χ2v) is 3.25. The van der Waals surface area contributed by atoms with Crippen molar-refractivity contribution in [2.75, 3.05) is 0 Å². The Balaban J connectivity index is 3.50. The number of hydrogen-bond donors (Lipinski definition) is 0. The number of hydrogen-bond acceptors (Lipinski definition) is 2. The van der Waals surface area contributed by atoms with Gasteiger partial charge in [-0.25, -0.2) is 0 Å². The average Bonchev–Trinajstić information content (AvgIpc) is 2.03. The van der Waals surface area contributed by atoms with Crippen LogP contribution in [0.25, 0.3) is 0 Å². The summed E-state index contributed by atoms with van der Waals surface area (Å²) in [5.74, 6) is -1.25. The molecule has 70 valence electrons. The molecule has 0 radical (unpaired) electrons. The molecule has 0 spiro atoms. The Morgan fingerprint density at radius 2 is 2.17 bits per heavy atom. The molecule has 12 heavy (non-hydrogen) atoms. The molecular formula is C10H17O2-.